The summed E-state index contributed by atoms with van der Waals surface area (Å²) < 4.78 is 0. The van der Waals surface area contributed by atoms with Gasteiger partial charge in [-0.15, -0.1) is 0 Å². The molecule has 0 saturated carbocycles. The van der Waals surface area contributed by atoms with Crippen molar-refractivity contribution in [2.45, 2.75) is 25.7 Å². The molecular formula is C22H20ClNO. The molecule has 126 valence electrons. The molecule has 0 saturated heterocycles. The molecule has 3 aromatic carbocycles. The molecule has 1 aliphatic rings. The van der Waals surface area contributed by atoms with E-state index in [4.69, 9.17) is 11.6 Å². The molecule has 0 fully saturated rings. The first-order chi connectivity index (χ1) is 12.2. The summed E-state index contributed by atoms with van der Waals surface area (Å²) in [5.74, 6) is 0.267. The highest BCUT2D eigenvalue weighted by molar-refractivity contribution is 6.30. The number of anilines is 1. The highest BCUT2D eigenvalue weighted by atomic mass is 35.5. The lowest BCUT2D eigenvalue weighted by atomic mass is 9.81. The summed E-state index contributed by atoms with van der Waals surface area (Å²) in [5.41, 5.74) is 3.46. The standard InChI is InChI=1S/C22H20ClNO/c1-2-13-24-20-12-9-15-5-3-4-6-18(15)22(20)19(14-21(24)25)16-7-10-17(23)11-8-16/h3-12,19H,2,13-14H2,1H3. The fraction of sp³-hybridized carbons (Fsp3) is 0.227. The zero-order chi connectivity index (χ0) is 17.4. The Morgan fingerprint density at radius 3 is 2.56 bits per heavy atom. The van der Waals surface area contributed by atoms with Gasteiger partial charge in [-0.25, -0.2) is 0 Å². The summed E-state index contributed by atoms with van der Waals surface area (Å²) in [6.45, 7) is 2.87. The molecule has 1 amide bonds. The number of halogens is 1. The number of hydrogen-bond acceptors (Lipinski definition) is 1. The van der Waals surface area contributed by atoms with Crippen molar-refractivity contribution in [1.29, 1.82) is 0 Å². The van der Waals surface area contributed by atoms with E-state index < -0.39 is 0 Å². The van der Waals surface area contributed by atoms with Crippen molar-refractivity contribution < 1.29 is 4.79 Å². The van der Waals surface area contributed by atoms with E-state index in [1.165, 1.54) is 16.3 Å². The van der Waals surface area contributed by atoms with Crippen molar-refractivity contribution in [1.82, 2.24) is 0 Å². The van der Waals surface area contributed by atoms with Gasteiger partial charge in [0, 0.05) is 29.6 Å². The van der Waals surface area contributed by atoms with Crippen LogP contribution in [0.25, 0.3) is 10.8 Å². The summed E-state index contributed by atoms with van der Waals surface area (Å²) in [7, 11) is 0. The number of nitrogens with zero attached hydrogens (tertiary/aromatic N) is 1. The summed E-state index contributed by atoms with van der Waals surface area (Å²) in [4.78, 5) is 14.8. The third-order valence-electron chi connectivity index (χ3n) is 4.99. The molecule has 2 nitrogen and oxygen atoms in total. The van der Waals surface area contributed by atoms with Crippen LogP contribution in [0.15, 0.2) is 60.7 Å². The van der Waals surface area contributed by atoms with Crippen molar-refractivity contribution in [2.24, 2.45) is 0 Å². The largest absolute Gasteiger partial charge is 0.312 e. The Labute approximate surface area is 153 Å². The molecule has 0 N–H and O–H groups in total. The number of carbonyl (C=O) groups excluding carboxylic acids is 1. The summed E-state index contributed by atoms with van der Waals surface area (Å²) in [6, 6.07) is 20.6. The minimum Gasteiger partial charge on any atom is -0.312 e. The van der Waals surface area contributed by atoms with E-state index in [1.807, 2.05) is 29.2 Å². The minimum atomic E-state index is 0.0685. The number of carbonyl (C=O) groups is 1. The molecule has 3 heteroatoms. The van der Waals surface area contributed by atoms with Crippen molar-refractivity contribution in [2.75, 3.05) is 11.4 Å². The second kappa shape index (κ2) is 6.53. The van der Waals surface area contributed by atoms with Crippen molar-refractivity contribution in [3.63, 3.8) is 0 Å². The van der Waals surface area contributed by atoms with Gasteiger partial charge >= 0.3 is 0 Å². The summed E-state index contributed by atoms with van der Waals surface area (Å²) >= 11 is 6.06. The van der Waals surface area contributed by atoms with Crippen molar-refractivity contribution in [3.05, 3.63) is 76.8 Å². The van der Waals surface area contributed by atoms with Gasteiger partial charge in [0.2, 0.25) is 5.91 Å². The molecular weight excluding hydrogens is 330 g/mol. The van der Waals surface area contributed by atoms with E-state index in [1.54, 1.807) is 0 Å². The smallest absolute Gasteiger partial charge is 0.227 e. The quantitative estimate of drug-likeness (QED) is 0.587. The van der Waals surface area contributed by atoms with E-state index in [0.717, 1.165) is 29.2 Å². The van der Waals surface area contributed by atoms with E-state index >= 15 is 0 Å². The average molecular weight is 350 g/mol. The van der Waals surface area contributed by atoms with Crippen LogP contribution in [0.5, 0.6) is 0 Å². The average Bonchev–Trinajstić information content (AvgIpc) is 2.64. The number of hydrogen-bond donors (Lipinski definition) is 0. The van der Waals surface area contributed by atoms with Gasteiger partial charge in [0.25, 0.3) is 0 Å². The Hall–Kier alpha value is -2.32. The number of rotatable bonds is 3. The Morgan fingerprint density at radius 2 is 1.80 bits per heavy atom. The fourth-order valence-corrected chi connectivity index (χ4v) is 3.98. The molecule has 1 unspecified atom stereocenters. The van der Waals surface area contributed by atoms with Crippen LogP contribution in [0.1, 0.15) is 36.8 Å². The maximum absolute atomic E-state index is 12.8. The first-order valence-corrected chi connectivity index (χ1v) is 9.14. The molecule has 3 aromatic rings. The van der Waals surface area contributed by atoms with E-state index in [9.17, 15) is 4.79 Å². The van der Waals surface area contributed by atoms with Crippen LogP contribution in [0.4, 0.5) is 5.69 Å². The van der Waals surface area contributed by atoms with Gasteiger partial charge in [-0.3, -0.25) is 4.79 Å². The molecule has 1 heterocycles. The second-order valence-corrected chi connectivity index (χ2v) is 7.01. The van der Waals surface area contributed by atoms with Crippen molar-refractivity contribution in [3.8, 4) is 0 Å². The number of benzene rings is 3. The Bertz CT molecular complexity index is 932. The summed E-state index contributed by atoms with van der Waals surface area (Å²) in [5, 5.41) is 3.16. The van der Waals surface area contributed by atoms with Gasteiger partial charge in [0.15, 0.2) is 0 Å². The SMILES string of the molecule is CCCN1C(=O)CC(c2ccc(Cl)cc2)c2c1ccc1ccccc21. The monoisotopic (exact) mass is 349 g/mol. The molecule has 25 heavy (non-hydrogen) atoms. The highest BCUT2D eigenvalue weighted by Gasteiger charge is 2.33. The molecule has 1 atom stereocenters. The molecule has 0 radical (unpaired) electrons. The van der Waals surface area contributed by atoms with Crippen LogP contribution in [-0.4, -0.2) is 12.5 Å². The Balaban J connectivity index is 1.96. The topological polar surface area (TPSA) is 20.3 Å². The number of amides is 1. The highest BCUT2D eigenvalue weighted by Crippen LogP contribution is 2.44. The maximum atomic E-state index is 12.8. The van der Waals surface area contributed by atoms with Gasteiger partial charge in [0.1, 0.15) is 0 Å². The molecule has 0 bridgehead atoms. The fourth-order valence-electron chi connectivity index (χ4n) is 3.86. The van der Waals surface area contributed by atoms with Crippen LogP contribution >= 0.6 is 11.6 Å². The van der Waals surface area contributed by atoms with E-state index in [-0.39, 0.29) is 11.8 Å². The molecule has 1 aliphatic heterocycles. The van der Waals surface area contributed by atoms with E-state index in [2.05, 4.69) is 43.3 Å². The Kier molecular flexibility index (Phi) is 4.22. The number of fused-ring (bicyclic) bond motifs is 3. The van der Waals surface area contributed by atoms with Crippen molar-refractivity contribution >= 4 is 34.0 Å². The predicted octanol–water partition coefficient (Wildman–Crippen LogP) is 5.77. The molecule has 0 spiro atoms. The van der Waals surface area contributed by atoms with Gasteiger partial charge in [-0.1, -0.05) is 61.0 Å². The van der Waals surface area contributed by atoms with Crippen LogP contribution in [0, 0.1) is 0 Å². The zero-order valence-electron chi connectivity index (χ0n) is 14.2. The third kappa shape index (κ3) is 2.81. The first kappa shape index (κ1) is 16.2. The van der Waals surface area contributed by atoms with Gasteiger partial charge in [-0.2, -0.15) is 0 Å². The molecule has 0 aromatic heterocycles. The predicted molar refractivity (Wildman–Crippen MR) is 105 cm³/mol. The Morgan fingerprint density at radius 1 is 1.04 bits per heavy atom. The lowest BCUT2D eigenvalue weighted by Gasteiger charge is -2.35. The van der Waals surface area contributed by atoms with Gasteiger partial charge in [-0.05, 0) is 46.5 Å². The van der Waals surface area contributed by atoms with Crippen LogP contribution < -0.4 is 4.90 Å². The zero-order valence-corrected chi connectivity index (χ0v) is 15.0. The maximum Gasteiger partial charge on any atom is 0.227 e. The third-order valence-corrected chi connectivity index (χ3v) is 5.24. The summed E-state index contributed by atoms with van der Waals surface area (Å²) in [6.07, 6.45) is 1.45. The molecule has 4 rings (SSSR count). The molecule has 0 aliphatic carbocycles. The van der Waals surface area contributed by atoms with Gasteiger partial charge in [0.05, 0.1) is 0 Å². The second-order valence-electron chi connectivity index (χ2n) is 6.57. The lowest BCUT2D eigenvalue weighted by molar-refractivity contribution is -0.119. The van der Waals surface area contributed by atoms with Crippen LogP contribution in [0.3, 0.4) is 0 Å². The van der Waals surface area contributed by atoms with Crippen LogP contribution in [-0.2, 0) is 4.79 Å². The first-order valence-electron chi connectivity index (χ1n) is 8.76. The lowest BCUT2D eigenvalue weighted by Crippen LogP contribution is -2.37. The van der Waals surface area contributed by atoms with E-state index in [0.29, 0.717) is 6.42 Å². The van der Waals surface area contributed by atoms with Crippen LogP contribution in [0.2, 0.25) is 5.02 Å². The normalized spacial score (nSPS) is 17.0. The van der Waals surface area contributed by atoms with Gasteiger partial charge < -0.3 is 4.90 Å². The minimum absolute atomic E-state index is 0.0685.